The molecule has 0 fully saturated rings. The van der Waals surface area contributed by atoms with Gasteiger partial charge in [-0.25, -0.2) is 0 Å². The number of aliphatic carboxylic acids is 1. The van der Waals surface area contributed by atoms with Crippen molar-refractivity contribution in [2.45, 2.75) is 18.6 Å². The van der Waals surface area contributed by atoms with Gasteiger partial charge in [-0.1, -0.05) is 0 Å². The first-order valence-electron chi connectivity index (χ1n) is 5.89. The van der Waals surface area contributed by atoms with E-state index in [1.165, 1.54) is 0 Å². The second-order valence-electron chi connectivity index (χ2n) is 4.22. The smallest absolute Gasteiger partial charge is 0.320 e. The molecule has 20 heavy (non-hydrogen) atoms. The fourth-order valence-corrected chi connectivity index (χ4v) is 3.07. The molecule has 126 valence electrons. The first-order valence-corrected chi connectivity index (χ1v) is 8.05. The van der Waals surface area contributed by atoms with Crippen molar-refractivity contribution in [3.8, 4) is 0 Å². The molecule has 0 radical (unpaired) electrons. The number of rotatable bonds is 11. The Morgan fingerprint density at radius 2 is 2.00 bits per heavy atom. The lowest BCUT2D eigenvalue weighted by Crippen LogP contribution is -2.31. The molecular formula is C11H28ClNO5S2. The molecule has 0 heterocycles. The number of carboxylic acid groups (broad SMARTS) is 1. The van der Waals surface area contributed by atoms with Crippen LogP contribution in [0.1, 0.15) is 6.42 Å². The average Bonchev–Trinajstić information content (AvgIpc) is 2.31. The Kier molecular flexibility index (Phi) is 19.8. The Hall–Kier alpha value is 0.300. The molecule has 2 unspecified atom stereocenters. The average molecular weight is 354 g/mol. The number of nitrogens with two attached hydrogens (primary N) is 1. The maximum Gasteiger partial charge on any atom is 0.320 e. The number of hydrogen-bond donors (Lipinski definition) is 4. The maximum atomic E-state index is 10.5. The lowest BCUT2D eigenvalue weighted by molar-refractivity contribution is -0.138. The first kappa shape index (κ1) is 25.3. The third kappa shape index (κ3) is 14.7. The molecular weight excluding hydrogens is 326 g/mol. The Balaban J connectivity index is -0.00000144. The predicted molar refractivity (Wildman–Crippen MR) is 91.2 cm³/mol. The second kappa shape index (κ2) is 15.7. The summed E-state index contributed by atoms with van der Waals surface area (Å²) in [5, 5.41) is 18.3. The third-order valence-electron chi connectivity index (χ3n) is 2.40. The Morgan fingerprint density at radius 1 is 1.40 bits per heavy atom. The number of aliphatic hydroxyl groups excluding tert-OH is 1. The van der Waals surface area contributed by atoms with Gasteiger partial charge in [-0.3, -0.25) is 15.7 Å². The van der Waals surface area contributed by atoms with Crippen molar-refractivity contribution in [2.75, 3.05) is 44.7 Å². The molecule has 0 aliphatic rings. The molecule has 0 amide bonds. The topological polar surface area (TPSA) is 102 Å². The summed E-state index contributed by atoms with van der Waals surface area (Å²) in [4.78, 5) is 10.5. The maximum absolute atomic E-state index is 10.5. The highest BCUT2D eigenvalue weighted by atomic mass is 35.5. The minimum atomic E-state index is -0.971. The highest BCUT2D eigenvalue weighted by Crippen LogP contribution is 2.22. The Labute approximate surface area is 136 Å². The van der Waals surface area contributed by atoms with Gasteiger partial charge >= 0.3 is 5.97 Å². The summed E-state index contributed by atoms with van der Waals surface area (Å²) in [5.41, 5.74) is 5.42. The number of carbonyl (C=O) groups is 1. The van der Waals surface area contributed by atoms with Crippen LogP contribution in [0.2, 0.25) is 0 Å². The zero-order valence-electron chi connectivity index (χ0n) is 11.9. The van der Waals surface area contributed by atoms with Crippen LogP contribution in [0, 0.1) is 0 Å². The molecule has 0 aromatic carbocycles. The highest BCUT2D eigenvalue weighted by molar-refractivity contribution is 8.16. The zero-order valence-corrected chi connectivity index (χ0v) is 14.7. The summed E-state index contributed by atoms with van der Waals surface area (Å²) in [7, 11) is 1.19. The van der Waals surface area contributed by atoms with Gasteiger partial charge in [-0.15, -0.1) is 12.4 Å². The molecule has 0 aliphatic heterocycles. The van der Waals surface area contributed by atoms with E-state index in [9.17, 15) is 9.90 Å². The molecule has 0 aromatic rings. The monoisotopic (exact) mass is 353 g/mol. The van der Waals surface area contributed by atoms with E-state index in [4.69, 9.17) is 20.3 Å². The molecule has 6 nitrogen and oxygen atoms in total. The standard InChI is InChI=1S/C11H25NO5S.ClH.H2S/c1-16-4-5-17-7-9(13)8-18(2)6-3-10(12)11(14)15;;/h9-10,13,18H,3-8,12H2,1-2H3,(H,14,15);1H;1H2/t9?,10-;;/m0../s1. The van der Waals surface area contributed by atoms with Crippen LogP contribution in [0.4, 0.5) is 0 Å². The van der Waals surface area contributed by atoms with Crippen LogP contribution in [0.25, 0.3) is 0 Å². The van der Waals surface area contributed by atoms with Gasteiger partial charge in [0.1, 0.15) is 6.04 Å². The van der Waals surface area contributed by atoms with Crippen molar-refractivity contribution in [1.29, 1.82) is 0 Å². The molecule has 9 heteroatoms. The van der Waals surface area contributed by atoms with Crippen molar-refractivity contribution < 1.29 is 24.5 Å². The van der Waals surface area contributed by atoms with Crippen LogP contribution in [-0.2, 0) is 14.3 Å². The lowest BCUT2D eigenvalue weighted by atomic mass is 10.2. The molecule has 4 N–H and O–H groups in total. The minimum Gasteiger partial charge on any atom is -0.480 e. The number of thiol groups is 1. The molecule has 0 rings (SSSR count). The predicted octanol–water partition coefficient (Wildman–Crippen LogP) is -0.0221. The van der Waals surface area contributed by atoms with Crippen molar-refractivity contribution in [1.82, 2.24) is 0 Å². The number of ether oxygens (including phenoxy) is 2. The summed E-state index contributed by atoms with van der Waals surface area (Å²) in [5.74, 6) is 0.425. The van der Waals surface area contributed by atoms with Crippen LogP contribution in [0.3, 0.4) is 0 Å². The van der Waals surface area contributed by atoms with Crippen molar-refractivity contribution in [3.63, 3.8) is 0 Å². The third-order valence-corrected chi connectivity index (χ3v) is 4.47. The highest BCUT2D eigenvalue weighted by Gasteiger charge is 2.13. The van der Waals surface area contributed by atoms with Gasteiger partial charge in [0.05, 0.1) is 25.9 Å². The SMILES string of the molecule is COCCOCC(O)C[SH](C)CC[C@H](N)C(=O)O.Cl.S. The summed E-state index contributed by atoms with van der Waals surface area (Å²) in [6.07, 6.45) is 1.98. The van der Waals surface area contributed by atoms with Gasteiger partial charge < -0.3 is 25.4 Å². The normalized spacial score (nSPS) is 15.5. The van der Waals surface area contributed by atoms with Gasteiger partial charge in [0.2, 0.25) is 0 Å². The summed E-state index contributed by atoms with van der Waals surface area (Å²) in [6, 6.07) is -0.801. The van der Waals surface area contributed by atoms with Gasteiger partial charge in [-0.2, -0.15) is 13.5 Å². The quantitative estimate of drug-likeness (QED) is 0.307. The van der Waals surface area contributed by atoms with E-state index in [2.05, 4.69) is 0 Å². The van der Waals surface area contributed by atoms with Gasteiger partial charge in [-0.05, 0) is 18.4 Å². The summed E-state index contributed by atoms with van der Waals surface area (Å²) in [6.45, 7) is 1.28. The van der Waals surface area contributed by atoms with E-state index in [-0.39, 0.29) is 25.9 Å². The number of methoxy groups -OCH3 is 1. The van der Waals surface area contributed by atoms with Crippen LogP contribution in [0.5, 0.6) is 0 Å². The van der Waals surface area contributed by atoms with E-state index in [0.717, 1.165) is 5.75 Å². The van der Waals surface area contributed by atoms with E-state index in [0.29, 0.717) is 32.0 Å². The fourth-order valence-electron chi connectivity index (χ4n) is 1.35. The van der Waals surface area contributed by atoms with Gasteiger partial charge in [0.25, 0.3) is 0 Å². The zero-order chi connectivity index (χ0) is 14.0. The molecule has 0 spiro atoms. The molecule has 0 aliphatic carbocycles. The van der Waals surface area contributed by atoms with Gasteiger partial charge in [0, 0.05) is 12.9 Å². The molecule has 0 bridgehead atoms. The Morgan fingerprint density at radius 3 is 2.50 bits per heavy atom. The van der Waals surface area contributed by atoms with E-state index < -0.39 is 29.0 Å². The lowest BCUT2D eigenvalue weighted by Gasteiger charge is -2.20. The Bertz CT molecular complexity index is 239. The minimum absolute atomic E-state index is 0. The van der Waals surface area contributed by atoms with Crippen LogP contribution < -0.4 is 5.73 Å². The van der Waals surface area contributed by atoms with Crippen molar-refractivity contribution >= 4 is 42.8 Å². The number of carboxylic acids is 1. The molecule has 0 aromatic heterocycles. The van der Waals surface area contributed by atoms with Crippen LogP contribution in [-0.4, -0.2) is 73.0 Å². The molecule has 0 saturated carbocycles. The van der Waals surface area contributed by atoms with Gasteiger partial charge in [0.15, 0.2) is 0 Å². The molecule has 3 atom stereocenters. The number of hydrogen-bond acceptors (Lipinski definition) is 5. The first-order chi connectivity index (χ1) is 8.47. The second-order valence-corrected chi connectivity index (χ2v) is 6.74. The van der Waals surface area contributed by atoms with Crippen molar-refractivity contribution in [2.24, 2.45) is 5.73 Å². The number of halogens is 1. The van der Waals surface area contributed by atoms with Crippen LogP contribution in [0.15, 0.2) is 0 Å². The van der Waals surface area contributed by atoms with E-state index in [1.54, 1.807) is 7.11 Å². The largest absolute Gasteiger partial charge is 0.480 e. The summed E-state index contributed by atoms with van der Waals surface area (Å²) < 4.78 is 10.0. The van der Waals surface area contributed by atoms with E-state index in [1.807, 2.05) is 6.26 Å². The van der Waals surface area contributed by atoms with Crippen LogP contribution >= 0.6 is 36.8 Å². The summed E-state index contributed by atoms with van der Waals surface area (Å²) >= 11 is 0. The van der Waals surface area contributed by atoms with E-state index >= 15 is 0 Å². The van der Waals surface area contributed by atoms with Crippen molar-refractivity contribution in [3.05, 3.63) is 0 Å². The number of aliphatic hydroxyl groups is 1. The fraction of sp³-hybridized carbons (Fsp3) is 0.909. The molecule has 0 saturated heterocycles.